The molecule has 150 valence electrons. The van der Waals surface area contributed by atoms with Crippen LogP contribution in [0.2, 0.25) is 0 Å². The summed E-state index contributed by atoms with van der Waals surface area (Å²) in [5, 5.41) is 0. The molecule has 27 heavy (non-hydrogen) atoms. The molecule has 4 aliphatic rings. The number of ketones is 1. The monoisotopic (exact) mass is 374 g/mol. The Bertz CT molecular complexity index is 653. The predicted octanol–water partition coefficient (Wildman–Crippen LogP) is 5.16. The number of allylic oxidation sites excluding steroid dienone is 1. The summed E-state index contributed by atoms with van der Waals surface area (Å²) in [6, 6.07) is 0. The molecule has 0 unspecified atom stereocenters. The normalized spacial score (nSPS) is 46.0. The van der Waals surface area contributed by atoms with Gasteiger partial charge in [-0.3, -0.25) is 4.79 Å². The number of fused-ring (bicyclic) bond motifs is 5. The molecule has 0 N–H and O–H groups in total. The van der Waals surface area contributed by atoms with Gasteiger partial charge in [0.2, 0.25) is 0 Å². The maximum absolute atomic E-state index is 12.0. The molecule has 3 saturated carbocycles. The average Bonchev–Trinajstić information content (AvgIpc) is 2.96. The number of hydrogen-bond donors (Lipinski definition) is 0. The summed E-state index contributed by atoms with van der Waals surface area (Å²) in [5.41, 5.74) is 1.49. The first-order chi connectivity index (χ1) is 12.9. The van der Waals surface area contributed by atoms with E-state index >= 15 is 0 Å². The first-order valence-corrected chi connectivity index (χ1v) is 10.9. The smallest absolute Gasteiger partial charge is 0.438 e. The van der Waals surface area contributed by atoms with Crippen molar-refractivity contribution < 1.29 is 19.1 Å². The van der Waals surface area contributed by atoms with Gasteiger partial charge in [0.05, 0.1) is 7.11 Å². The summed E-state index contributed by atoms with van der Waals surface area (Å²) in [6.45, 7) is 7.06. The van der Waals surface area contributed by atoms with Crippen molar-refractivity contribution in [2.24, 2.45) is 40.9 Å². The van der Waals surface area contributed by atoms with Gasteiger partial charge in [-0.2, -0.15) is 0 Å². The van der Waals surface area contributed by atoms with Crippen LogP contribution in [0.15, 0.2) is 11.6 Å². The Kier molecular flexibility index (Phi) is 4.88. The highest BCUT2D eigenvalue weighted by atomic mass is 16.7. The lowest BCUT2D eigenvalue weighted by atomic mass is 9.46. The fourth-order valence-electron chi connectivity index (χ4n) is 7.66. The van der Waals surface area contributed by atoms with Crippen LogP contribution in [0.1, 0.15) is 65.7 Å². The van der Waals surface area contributed by atoms with E-state index in [1.54, 1.807) is 0 Å². The number of ether oxygens (including phenoxy) is 2. The van der Waals surface area contributed by atoms with Gasteiger partial charge >= 0.3 is 6.16 Å². The third-order valence-electron chi connectivity index (χ3n) is 8.61. The number of rotatable bonds is 2. The lowest BCUT2D eigenvalue weighted by Crippen LogP contribution is -2.54. The van der Waals surface area contributed by atoms with Crippen LogP contribution in [-0.2, 0) is 14.3 Å². The predicted molar refractivity (Wildman–Crippen MR) is 103 cm³/mol. The van der Waals surface area contributed by atoms with Gasteiger partial charge in [-0.25, -0.2) is 4.79 Å². The topological polar surface area (TPSA) is 52.6 Å². The maximum atomic E-state index is 12.0. The molecule has 0 amide bonds. The van der Waals surface area contributed by atoms with Crippen LogP contribution in [0.4, 0.5) is 4.79 Å². The van der Waals surface area contributed by atoms with Crippen molar-refractivity contribution in [1.29, 1.82) is 0 Å². The van der Waals surface area contributed by atoms with Gasteiger partial charge in [0.25, 0.3) is 0 Å². The minimum Gasteiger partial charge on any atom is -0.438 e. The highest BCUT2D eigenvalue weighted by molar-refractivity contribution is 5.91. The molecule has 0 radical (unpaired) electrons. The van der Waals surface area contributed by atoms with Crippen molar-refractivity contribution in [3.8, 4) is 0 Å². The Morgan fingerprint density at radius 2 is 2.04 bits per heavy atom. The molecule has 0 heterocycles. The van der Waals surface area contributed by atoms with E-state index in [1.165, 1.54) is 19.1 Å². The Hall–Kier alpha value is -1.32. The highest BCUT2D eigenvalue weighted by Gasteiger charge is 2.61. The van der Waals surface area contributed by atoms with Crippen molar-refractivity contribution in [3.05, 3.63) is 11.6 Å². The molecule has 4 aliphatic carbocycles. The maximum Gasteiger partial charge on any atom is 0.508 e. The van der Waals surface area contributed by atoms with Crippen LogP contribution in [0.3, 0.4) is 0 Å². The Morgan fingerprint density at radius 1 is 1.26 bits per heavy atom. The fourth-order valence-corrected chi connectivity index (χ4v) is 7.66. The Balaban J connectivity index is 1.67. The molecular formula is C23H34O4. The Morgan fingerprint density at radius 3 is 2.74 bits per heavy atom. The van der Waals surface area contributed by atoms with Crippen LogP contribution in [0, 0.1) is 40.9 Å². The van der Waals surface area contributed by atoms with Gasteiger partial charge < -0.3 is 9.47 Å². The van der Waals surface area contributed by atoms with Crippen molar-refractivity contribution in [1.82, 2.24) is 0 Å². The fraction of sp³-hybridized carbons (Fsp3) is 0.826. The summed E-state index contributed by atoms with van der Waals surface area (Å²) in [5.74, 6) is 4.13. The van der Waals surface area contributed by atoms with Gasteiger partial charge in [0.15, 0.2) is 5.78 Å². The number of methoxy groups -OCH3 is 1. The standard InChI is InChI=1S/C23H34O4/c1-5-14-10-15-11-16(24)6-7-17(15)20-13(2)12-23(3)18(21(14)20)8-9-19(23)27-22(25)26-4/h11,13-14,17-21H,5-10,12H2,1-4H3/t13-,14+,17-,18-,19-,20+,21-,23-/m0/s1. The zero-order valence-corrected chi connectivity index (χ0v) is 17.2. The summed E-state index contributed by atoms with van der Waals surface area (Å²) in [6.07, 6.45) is 8.65. The van der Waals surface area contributed by atoms with Crippen molar-refractivity contribution in [2.45, 2.75) is 71.8 Å². The van der Waals surface area contributed by atoms with Gasteiger partial charge in [-0.15, -0.1) is 0 Å². The molecule has 0 saturated heterocycles. The minimum atomic E-state index is -0.539. The van der Waals surface area contributed by atoms with Crippen molar-refractivity contribution >= 4 is 11.9 Å². The molecule has 0 aromatic heterocycles. The molecule has 3 fully saturated rings. The van der Waals surface area contributed by atoms with E-state index in [2.05, 4.69) is 20.8 Å². The van der Waals surface area contributed by atoms with E-state index in [-0.39, 0.29) is 11.5 Å². The first-order valence-electron chi connectivity index (χ1n) is 10.9. The summed E-state index contributed by atoms with van der Waals surface area (Å²) < 4.78 is 10.5. The van der Waals surface area contributed by atoms with Gasteiger partial charge in [-0.05, 0) is 73.7 Å². The number of carbonyl (C=O) groups is 2. The van der Waals surface area contributed by atoms with Crippen molar-refractivity contribution in [3.63, 3.8) is 0 Å². The number of hydrogen-bond acceptors (Lipinski definition) is 4. The minimum absolute atomic E-state index is 0.0271. The summed E-state index contributed by atoms with van der Waals surface area (Å²) >= 11 is 0. The molecule has 0 bridgehead atoms. The Labute approximate surface area is 163 Å². The summed E-state index contributed by atoms with van der Waals surface area (Å²) in [7, 11) is 1.39. The average molecular weight is 375 g/mol. The molecule has 8 atom stereocenters. The zero-order chi connectivity index (χ0) is 19.3. The van der Waals surface area contributed by atoms with Gasteiger partial charge in [0, 0.05) is 11.8 Å². The third-order valence-corrected chi connectivity index (χ3v) is 8.61. The van der Waals surface area contributed by atoms with Crippen LogP contribution in [0.5, 0.6) is 0 Å². The van der Waals surface area contributed by atoms with E-state index in [0.717, 1.165) is 38.5 Å². The molecule has 4 rings (SSSR count). The molecule has 0 aromatic rings. The third kappa shape index (κ3) is 2.94. The van der Waals surface area contributed by atoms with E-state index in [1.807, 2.05) is 6.08 Å². The second kappa shape index (κ2) is 6.93. The van der Waals surface area contributed by atoms with E-state index in [4.69, 9.17) is 9.47 Å². The van der Waals surface area contributed by atoms with Crippen LogP contribution >= 0.6 is 0 Å². The molecule has 4 heteroatoms. The first kappa shape index (κ1) is 19.0. The van der Waals surface area contributed by atoms with E-state index in [0.29, 0.717) is 41.3 Å². The highest BCUT2D eigenvalue weighted by Crippen LogP contribution is 2.65. The van der Waals surface area contributed by atoms with E-state index < -0.39 is 6.16 Å². The van der Waals surface area contributed by atoms with Gasteiger partial charge in [-0.1, -0.05) is 32.8 Å². The van der Waals surface area contributed by atoms with Crippen molar-refractivity contribution in [2.75, 3.05) is 7.11 Å². The molecular weight excluding hydrogens is 340 g/mol. The molecule has 0 aromatic carbocycles. The lowest BCUT2D eigenvalue weighted by molar-refractivity contribution is -0.120. The zero-order valence-electron chi connectivity index (χ0n) is 17.2. The molecule has 0 spiro atoms. The molecule has 0 aliphatic heterocycles. The lowest BCUT2D eigenvalue weighted by Gasteiger charge is -2.58. The SMILES string of the molecule is CC[C@@H]1CC2=CC(=O)CC[C@@H]2[C@@H]2[C@@H]1[C@@H]1CC[C@H](OC(=O)OC)[C@@]1(C)C[C@@H]2C. The largest absolute Gasteiger partial charge is 0.508 e. The second-order valence-electron chi connectivity index (χ2n) is 9.79. The van der Waals surface area contributed by atoms with Crippen LogP contribution in [-0.4, -0.2) is 25.2 Å². The molecule has 4 nitrogen and oxygen atoms in total. The van der Waals surface area contributed by atoms with Crippen LogP contribution < -0.4 is 0 Å². The quantitative estimate of drug-likeness (QED) is 0.626. The second-order valence-corrected chi connectivity index (χ2v) is 9.79. The van der Waals surface area contributed by atoms with Gasteiger partial charge in [0.1, 0.15) is 6.10 Å². The van der Waals surface area contributed by atoms with E-state index in [9.17, 15) is 9.59 Å². The number of carbonyl (C=O) groups excluding carboxylic acids is 2. The van der Waals surface area contributed by atoms with Crippen LogP contribution in [0.25, 0.3) is 0 Å². The summed E-state index contributed by atoms with van der Waals surface area (Å²) in [4.78, 5) is 23.8.